The van der Waals surface area contributed by atoms with Crippen LogP contribution in [0.1, 0.15) is 5.56 Å². The largest absolute Gasteiger partial charge is 0.397 e. The molecule has 2 rings (SSSR count). The Kier molecular flexibility index (Phi) is 3.94. The van der Waals surface area contributed by atoms with Crippen molar-refractivity contribution in [1.29, 1.82) is 0 Å². The van der Waals surface area contributed by atoms with E-state index in [-0.39, 0.29) is 11.4 Å². The average Bonchev–Trinajstić information content (AvgIpc) is 2.42. The van der Waals surface area contributed by atoms with Gasteiger partial charge in [0, 0.05) is 26.0 Å². The number of hydrogen-bond donors (Lipinski definition) is 1. The molecule has 0 aliphatic heterocycles. The van der Waals surface area contributed by atoms with Gasteiger partial charge in [0.25, 0.3) is 0 Å². The lowest BCUT2D eigenvalue weighted by Gasteiger charge is -2.21. The van der Waals surface area contributed by atoms with E-state index in [1.54, 1.807) is 24.3 Å². The highest BCUT2D eigenvalue weighted by Gasteiger charge is 2.15. The molecule has 0 fully saturated rings. The summed E-state index contributed by atoms with van der Waals surface area (Å²) in [4.78, 5) is 5.55. The first kappa shape index (κ1) is 13.3. The minimum Gasteiger partial charge on any atom is -0.397 e. The van der Waals surface area contributed by atoms with Crippen LogP contribution in [0.25, 0.3) is 0 Å². The molecule has 0 aliphatic rings. The summed E-state index contributed by atoms with van der Waals surface area (Å²) in [6, 6.07) is 6.18. The van der Waals surface area contributed by atoms with Crippen LogP contribution >= 0.6 is 0 Å². The molecule has 2 aromatic rings. The maximum Gasteiger partial charge on any atom is 0.184 e. The summed E-state index contributed by atoms with van der Waals surface area (Å²) in [5, 5.41) is 0. The van der Waals surface area contributed by atoms with Crippen LogP contribution in [0, 0.1) is 11.6 Å². The molecule has 5 heteroatoms. The van der Waals surface area contributed by atoms with E-state index in [1.807, 2.05) is 12.1 Å². The molecule has 0 spiro atoms. The van der Waals surface area contributed by atoms with Crippen molar-refractivity contribution in [2.24, 2.45) is 0 Å². The highest BCUT2D eigenvalue weighted by atomic mass is 19.2. The molecule has 0 atom stereocenters. The SMILES string of the molecule is CN(CCc1ccncc1)c1c(N)ccc(F)c1F. The number of halogens is 2. The number of likely N-dealkylation sites (N-methyl/N-ethyl adjacent to an activating group) is 1. The van der Waals surface area contributed by atoms with Crippen LogP contribution in [0.4, 0.5) is 20.2 Å². The number of nitrogens with zero attached hydrogens (tertiary/aromatic N) is 2. The molecule has 1 aromatic carbocycles. The molecular weight excluding hydrogens is 248 g/mol. The van der Waals surface area contributed by atoms with Crippen molar-refractivity contribution in [2.45, 2.75) is 6.42 Å². The molecule has 3 nitrogen and oxygen atoms in total. The summed E-state index contributed by atoms with van der Waals surface area (Å²) < 4.78 is 26.9. The van der Waals surface area contributed by atoms with Gasteiger partial charge in [0.15, 0.2) is 11.6 Å². The van der Waals surface area contributed by atoms with Crippen LogP contribution in [-0.4, -0.2) is 18.6 Å². The molecule has 1 heterocycles. The standard InChI is InChI=1S/C14H15F2N3/c1-19(9-6-10-4-7-18-8-5-10)14-12(17)3-2-11(15)13(14)16/h2-5,7-8H,6,9,17H2,1H3. The fraction of sp³-hybridized carbons (Fsp3) is 0.214. The Hall–Kier alpha value is -2.17. The third-order valence-corrected chi connectivity index (χ3v) is 2.97. The van der Waals surface area contributed by atoms with Gasteiger partial charge in [-0.15, -0.1) is 0 Å². The predicted octanol–water partition coefficient (Wildman–Crippen LogP) is 2.62. The summed E-state index contributed by atoms with van der Waals surface area (Å²) in [6.07, 6.45) is 4.10. The summed E-state index contributed by atoms with van der Waals surface area (Å²) in [5.41, 5.74) is 7.12. The van der Waals surface area contributed by atoms with Gasteiger partial charge in [-0.1, -0.05) is 0 Å². The Balaban J connectivity index is 2.12. The second kappa shape index (κ2) is 5.65. The van der Waals surface area contributed by atoms with Gasteiger partial charge in [0.1, 0.15) is 0 Å². The van der Waals surface area contributed by atoms with Gasteiger partial charge in [-0.05, 0) is 36.2 Å². The molecule has 100 valence electrons. The van der Waals surface area contributed by atoms with Gasteiger partial charge in [0.05, 0.1) is 11.4 Å². The molecule has 0 unspecified atom stereocenters. The normalized spacial score (nSPS) is 10.5. The van der Waals surface area contributed by atoms with Crippen molar-refractivity contribution in [3.05, 3.63) is 53.9 Å². The quantitative estimate of drug-likeness (QED) is 0.862. The Labute approximate surface area is 110 Å². The summed E-state index contributed by atoms with van der Waals surface area (Å²) in [5.74, 6) is -1.79. The molecule has 0 saturated carbocycles. The van der Waals surface area contributed by atoms with E-state index in [1.165, 1.54) is 6.07 Å². The fourth-order valence-electron chi connectivity index (χ4n) is 1.90. The molecule has 2 N–H and O–H groups in total. The smallest absolute Gasteiger partial charge is 0.184 e. The predicted molar refractivity (Wildman–Crippen MR) is 72.0 cm³/mol. The van der Waals surface area contributed by atoms with Crippen molar-refractivity contribution >= 4 is 11.4 Å². The first-order chi connectivity index (χ1) is 9.09. The number of anilines is 2. The number of rotatable bonds is 4. The minimum atomic E-state index is -0.905. The van der Waals surface area contributed by atoms with Crippen LogP contribution in [0.2, 0.25) is 0 Å². The highest BCUT2D eigenvalue weighted by Crippen LogP contribution is 2.27. The topological polar surface area (TPSA) is 42.2 Å². The maximum atomic E-state index is 13.7. The third kappa shape index (κ3) is 2.99. The number of benzene rings is 1. The van der Waals surface area contributed by atoms with Gasteiger partial charge in [-0.2, -0.15) is 0 Å². The zero-order chi connectivity index (χ0) is 13.8. The Bertz CT molecular complexity index is 558. The van der Waals surface area contributed by atoms with E-state index in [0.29, 0.717) is 13.0 Å². The van der Waals surface area contributed by atoms with Crippen molar-refractivity contribution in [1.82, 2.24) is 4.98 Å². The van der Waals surface area contributed by atoms with Crippen molar-refractivity contribution in [2.75, 3.05) is 24.2 Å². The minimum absolute atomic E-state index is 0.106. The summed E-state index contributed by atoms with van der Waals surface area (Å²) >= 11 is 0. The lowest BCUT2D eigenvalue weighted by atomic mass is 10.1. The monoisotopic (exact) mass is 263 g/mol. The average molecular weight is 263 g/mol. The van der Waals surface area contributed by atoms with E-state index < -0.39 is 11.6 Å². The number of pyridine rings is 1. The van der Waals surface area contributed by atoms with Crippen LogP contribution in [-0.2, 0) is 6.42 Å². The van der Waals surface area contributed by atoms with E-state index in [0.717, 1.165) is 11.6 Å². The Morgan fingerprint density at radius 3 is 2.53 bits per heavy atom. The van der Waals surface area contributed by atoms with Crippen LogP contribution in [0.3, 0.4) is 0 Å². The molecule has 0 amide bonds. The van der Waals surface area contributed by atoms with Gasteiger partial charge in [-0.3, -0.25) is 4.98 Å². The third-order valence-electron chi connectivity index (χ3n) is 2.97. The van der Waals surface area contributed by atoms with Crippen molar-refractivity contribution < 1.29 is 8.78 Å². The molecule has 0 saturated heterocycles. The first-order valence-electron chi connectivity index (χ1n) is 5.93. The van der Waals surface area contributed by atoms with Crippen molar-refractivity contribution in [3.8, 4) is 0 Å². The first-order valence-corrected chi connectivity index (χ1v) is 5.93. The van der Waals surface area contributed by atoms with Gasteiger partial charge in [-0.25, -0.2) is 8.78 Å². The molecule has 0 radical (unpaired) electrons. The van der Waals surface area contributed by atoms with Crippen molar-refractivity contribution in [3.63, 3.8) is 0 Å². The van der Waals surface area contributed by atoms with Gasteiger partial charge >= 0.3 is 0 Å². The highest BCUT2D eigenvalue weighted by molar-refractivity contribution is 5.68. The van der Waals surface area contributed by atoms with Gasteiger partial charge in [0.2, 0.25) is 0 Å². The van der Waals surface area contributed by atoms with E-state index in [2.05, 4.69) is 4.98 Å². The second-order valence-electron chi connectivity index (χ2n) is 4.33. The molecular formula is C14H15F2N3. The number of nitrogens with two attached hydrogens (primary N) is 1. The number of aromatic nitrogens is 1. The van der Waals surface area contributed by atoms with Crippen LogP contribution < -0.4 is 10.6 Å². The maximum absolute atomic E-state index is 13.7. The molecule has 0 bridgehead atoms. The van der Waals surface area contributed by atoms with E-state index in [4.69, 9.17) is 5.73 Å². The number of hydrogen-bond acceptors (Lipinski definition) is 3. The number of nitrogen functional groups attached to an aromatic ring is 1. The van der Waals surface area contributed by atoms with Gasteiger partial charge < -0.3 is 10.6 Å². The van der Waals surface area contributed by atoms with E-state index in [9.17, 15) is 8.78 Å². The zero-order valence-corrected chi connectivity index (χ0v) is 10.6. The summed E-state index contributed by atoms with van der Waals surface area (Å²) in [6.45, 7) is 0.536. The molecule has 19 heavy (non-hydrogen) atoms. The molecule has 0 aliphatic carbocycles. The Morgan fingerprint density at radius 2 is 1.84 bits per heavy atom. The van der Waals surface area contributed by atoms with E-state index >= 15 is 0 Å². The van der Waals surface area contributed by atoms with Crippen LogP contribution in [0.15, 0.2) is 36.7 Å². The van der Waals surface area contributed by atoms with Crippen LogP contribution in [0.5, 0.6) is 0 Å². The fourth-order valence-corrected chi connectivity index (χ4v) is 1.90. The lowest BCUT2D eigenvalue weighted by molar-refractivity contribution is 0.508. The molecule has 1 aromatic heterocycles. The second-order valence-corrected chi connectivity index (χ2v) is 4.33. The Morgan fingerprint density at radius 1 is 1.16 bits per heavy atom. The zero-order valence-electron chi connectivity index (χ0n) is 10.6. The summed E-state index contributed by atoms with van der Waals surface area (Å²) in [7, 11) is 1.69. The lowest BCUT2D eigenvalue weighted by Crippen LogP contribution is -2.23.